The zero-order valence-corrected chi connectivity index (χ0v) is 10.7. The number of aliphatic carboxylic acids is 1. The van der Waals surface area contributed by atoms with Crippen molar-refractivity contribution in [2.24, 2.45) is 5.10 Å². The Morgan fingerprint density at radius 3 is 2.37 bits per heavy atom. The molecule has 0 bridgehead atoms. The zero-order chi connectivity index (χ0) is 14.3. The van der Waals surface area contributed by atoms with Crippen LogP contribution in [0.25, 0.3) is 0 Å². The molecule has 1 amide bonds. The Morgan fingerprint density at radius 1 is 1.21 bits per heavy atom. The van der Waals surface area contributed by atoms with Gasteiger partial charge in [0, 0.05) is 31.9 Å². The summed E-state index contributed by atoms with van der Waals surface area (Å²) in [6.45, 7) is 0. The van der Waals surface area contributed by atoms with Gasteiger partial charge < -0.3 is 10.0 Å². The first-order valence-electron chi connectivity index (χ1n) is 5.50. The van der Waals surface area contributed by atoms with Crippen molar-refractivity contribution in [2.45, 2.75) is 0 Å². The average molecular weight is 261 g/mol. The molecule has 1 aromatic rings. The molecule has 2 N–H and O–H groups in total. The fraction of sp³-hybridized carbons (Fsp3) is 0.154. The number of carboxylic acid groups (broad SMARTS) is 1. The smallest absolute Gasteiger partial charge is 0.328 e. The number of rotatable bonds is 5. The Bertz CT molecular complexity index is 504. The number of nitrogens with one attached hydrogen (secondary N) is 1. The highest BCUT2D eigenvalue weighted by Crippen LogP contribution is 2.10. The molecule has 0 unspecified atom stereocenters. The van der Waals surface area contributed by atoms with E-state index in [0.29, 0.717) is 0 Å². The van der Waals surface area contributed by atoms with Crippen molar-refractivity contribution < 1.29 is 14.7 Å². The van der Waals surface area contributed by atoms with Gasteiger partial charge in [-0.3, -0.25) is 4.79 Å². The van der Waals surface area contributed by atoms with Gasteiger partial charge in [0.05, 0.1) is 6.21 Å². The molecular weight excluding hydrogens is 246 g/mol. The predicted octanol–water partition coefficient (Wildman–Crippen LogP) is 0.843. The van der Waals surface area contributed by atoms with Crippen LogP contribution in [0, 0.1) is 0 Å². The fourth-order valence-corrected chi connectivity index (χ4v) is 1.21. The summed E-state index contributed by atoms with van der Waals surface area (Å²) in [5.41, 5.74) is 4.08. The lowest BCUT2D eigenvalue weighted by atomic mass is 10.2. The Hall–Kier alpha value is -2.63. The minimum absolute atomic E-state index is 0.594. The van der Waals surface area contributed by atoms with E-state index < -0.39 is 11.9 Å². The van der Waals surface area contributed by atoms with Crippen molar-refractivity contribution in [2.75, 3.05) is 19.0 Å². The molecule has 1 rings (SSSR count). The molecule has 0 fully saturated rings. The first kappa shape index (κ1) is 14.4. The maximum atomic E-state index is 11.1. The van der Waals surface area contributed by atoms with Crippen LogP contribution < -0.4 is 10.3 Å². The molecule has 0 aliphatic rings. The van der Waals surface area contributed by atoms with Crippen molar-refractivity contribution in [3.05, 3.63) is 42.0 Å². The number of hydrogen-bond acceptors (Lipinski definition) is 4. The van der Waals surface area contributed by atoms with Crippen molar-refractivity contribution >= 4 is 23.8 Å². The molecule has 0 saturated heterocycles. The van der Waals surface area contributed by atoms with Crippen LogP contribution in [-0.4, -0.2) is 37.3 Å². The first-order chi connectivity index (χ1) is 8.99. The van der Waals surface area contributed by atoms with E-state index >= 15 is 0 Å². The number of carboxylic acids is 1. The van der Waals surface area contributed by atoms with Crippen LogP contribution >= 0.6 is 0 Å². The van der Waals surface area contributed by atoms with E-state index in [0.717, 1.165) is 23.4 Å². The highest BCUT2D eigenvalue weighted by Gasteiger charge is 1.95. The second-order valence-corrected chi connectivity index (χ2v) is 3.89. The maximum Gasteiger partial charge on any atom is 0.328 e. The molecule has 0 aliphatic heterocycles. The van der Waals surface area contributed by atoms with Crippen LogP contribution in [0.1, 0.15) is 5.56 Å². The second-order valence-electron chi connectivity index (χ2n) is 3.89. The first-order valence-corrected chi connectivity index (χ1v) is 5.50. The number of hydrogen-bond donors (Lipinski definition) is 2. The van der Waals surface area contributed by atoms with Crippen LogP contribution in [0.5, 0.6) is 0 Å². The Balaban J connectivity index is 2.53. The summed E-state index contributed by atoms with van der Waals surface area (Å²) in [6.07, 6.45) is 3.12. The average Bonchev–Trinajstić information content (AvgIpc) is 2.37. The van der Waals surface area contributed by atoms with Crippen LogP contribution in [0.3, 0.4) is 0 Å². The third-order valence-corrected chi connectivity index (χ3v) is 2.18. The lowest BCUT2D eigenvalue weighted by molar-refractivity contribution is -0.131. The maximum absolute atomic E-state index is 11.1. The minimum Gasteiger partial charge on any atom is -0.478 e. The molecule has 0 heterocycles. The molecule has 0 spiro atoms. The standard InChI is InChI=1S/C13H15N3O3/c1-16(2)11-5-3-10(4-6-11)9-14-15-12(17)7-8-13(18)19/h3-9H,1-2H3,(H,15,17)(H,18,19)/b8-7-,14-9+. The Labute approximate surface area is 111 Å². The number of carbonyl (C=O) groups is 2. The van der Waals surface area contributed by atoms with E-state index in [4.69, 9.17) is 5.11 Å². The lowest BCUT2D eigenvalue weighted by Gasteiger charge is -2.11. The molecule has 1 aromatic carbocycles. The summed E-state index contributed by atoms with van der Waals surface area (Å²) in [7, 11) is 3.89. The van der Waals surface area contributed by atoms with Crippen molar-refractivity contribution in [3.63, 3.8) is 0 Å². The van der Waals surface area contributed by atoms with Crippen LogP contribution in [-0.2, 0) is 9.59 Å². The molecule has 0 radical (unpaired) electrons. The van der Waals surface area contributed by atoms with E-state index in [1.54, 1.807) is 0 Å². The second kappa shape index (κ2) is 6.95. The normalized spacial score (nSPS) is 10.8. The lowest BCUT2D eigenvalue weighted by Crippen LogP contribution is -2.14. The summed E-state index contributed by atoms with van der Waals surface area (Å²) in [5, 5.41) is 12.0. The van der Waals surface area contributed by atoms with Crippen LogP contribution in [0.2, 0.25) is 0 Å². The van der Waals surface area contributed by atoms with Crippen molar-refractivity contribution in [1.29, 1.82) is 0 Å². The van der Waals surface area contributed by atoms with Crippen LogP contribution in [0.15, 0.2) is 41.5 Å². The number of hydrazone groups is 1. The molecule has 0 atom stereocenters. The third kappa shape index (κ3) is 5.49. The molecular formula is C13H15N3O3. The number of anilines is 1. The highest BCUT2D eigenvalue weighted by molar-refractivity contribution is 5.94. The molecule has 19 heavy (non-hydrogen) atoms. The zero-order valence-electron chi connectivity index (χ0n) is 10.7. The summed E-state index contributed by atoms with van der Waals surface area (Å²) < 4.78 is 0. The molecule has 6 nitrogen and oxygen atoms in total. The van der Waals surface area contributed by atoms with Crippen molar-refractivity contribution in [1.82, 2.24) is 5.43 Å². The van der Waals surface area contributed by atoms with E-state index in [9.17, 15) is 9.59 Å². The van der Waals surface area contributed by atoms with Gasteiger partial charge in [0.2, 0.25) is 0 Å². The summed E-state index contributed by atoms with van der Waals surface area (Å²) in [5.74, 6) is -1.78. The molecule has 0 aromatic heterocycles. The van der Waals surface area contributed by atoms with Gasteiger partial charge >= 0.3 is 5.97 Å². The van der Waals surface area contributed by atoms with Gasteiger partial charge in [0.25, 0.3) is 5.91 Å². The van der Waals surface area contributed by atoms with Gasteiger partial charge in [0.15, 0.2) is 0 Å². The summed E-state index contributed by atoms with van der Waals surface area (Å²) in [6, 6.07) is 7.57. The quantitative estimate of drug-likeness (QED) is 0.467. The van der Waals surface area contributed by atoms with Gasteiger partial charge in [-0.2, -0.15) is 5.10 Å². The summed E-state index contributed by atoms with van der Waals surface area (Å²) >= 11 is 0. The Morgan fingerprint density at radius 2 is 1.84 bits per heavy atom. The predicted molar refractivity (Wildman–Crippen MR) is 73.3 cm³/mol. The summed E-state index contributed by atoms with van der Waals surface area (Å²) in [4.78, 5) is 23.2. The van der Waals surface area contributed by atoms with Gasteiger partial charge in [-0.1, -0.05) is 12.1 Å². The van der Waals surface area contributed by atoms with Crippen molar-refractivity contribution in [3.8, 4) is 0 Å². The number of amides is 1. The number of benzene rings is 1. The van der Waals surface area contributed by atoms with E-state index in [-0.39, 0.29) is 0 Å². The van der Waals surface area contributed by atoms with Gasteiger partial charge in [-0.25, -0.2) is 10.2 Å². The Kier molecular flexibility index (Phi) is 5.28. The van der Waals surface area contributed by atoms with Gasteiger partial charge in [-0.15, -0.1) is 0 Å². The topological polar surface area (TPSA) is 82.0 Å². The molecule has 0 aliphatic carbocycles. The SMILES string of the molecule is CN(C)c1ccc(/C=N/NC(=O)/C=C\C(=O)O)cc1. The fourth-order valence-electron chi connectivity index (χ4n) is 1.21. The highest BCUT2D eigenvalue weighted by atomic mass is 16.4. The van der Waals surface area contributed by atoms with E-state index in [1.807, 2.05) is 43.3 Å². The molecule has 6 heteroatoms. The molecule has 100 valence electrons. The third-order valence-electron chi connectivity index (χ3n) is 2.18. The van der Waals surface area contributed by atoms with Gasteiger partial charge in [-0.05, 0) is 17.7 Å². The van der Waals surface area contributed by atoms with Gasteiger partial charge in [0.1, 0.15) is 0 Å². The van der Waals surface area contributed by atoms with E-state index in [1.165, 1.54) is 6.21 Å². The monoisotopic (exact) mass is 261 g/mol. The molecule has 0 saturated carbocycles. The number of nitrogens with zero attached hydrogens (tertiary/aromatic N) is 2. The largest absolute Gasteiger partial charge is 0.478 e. The minimum atomic E-state index is -1.18. The van der Waals surface area contributed by atoms with E-state index in [2.05, 4.69) is 10.5 Å². The number of carbonyl (C=O) groups excluding carboxylic acids is 1. The van der Waals surface area contributed by atoms with Crippen LogP contribution in [0.4, 0.5) is 5.69 Å².